The Balaban J connectivity index is 1.98. The molecule has 0 spiro atoms. The maximum absolute atomic E-state index is 12.4. The van der Waals surface area contributed by atoms with E-state index in [0.29, 0.717) is 17.1 Å². The van der Waals surface area contributed by atoms with Gasteiger partial charge < -0.3 is 9.84 Å². The molecule has 4 nitrogen and oxygen atoms in total. The molecule has 0 aliphatic rings. The second-order valence-corrected chi connectivity index (χ2v) is 4.23. The van der Waals surface area contributed by atoms with Gasteiger partial charge in [0.25, 0.3) is 0 Å². The summed E-state index contributed by atoms with van der Waals surface area (Å²) >= 11 is 0. The summed E-state index contributed by atoms with van der Waals surface area (Å²) in [7, 11) is 0. The maximum Gasteiger partial charge on any atom is 0.416 e. The van der Waals surface area contributed by atoms with Crippen molar-refractivity contribution < 1.29 is 22.5 Å². The number of nitrogens with zero attached hydrogens (tertiary/aromatic N) is 1. The Morgan fingerprint density at radius 3 is 2.45 bits per heavy atom. The average molecular weight is 284 g/mol. The number of alkyl halides is 3. The van der Waals surface area contributed by atoms with Crippen molar-refractivity contribution in [2.75, 3.05) is 5.32 Å². The highest BCUT2D eigenvalue weighted by molar-refractivity contribution is 5.92. The smallest absolute Gasteiger partial charge is 0.361 e. The van der Waals surface area contributed by atoms with Crippen LogP contribution in [0.5, 0.6) is 0 Å². The van der Waals surface area contributed by atoms with Gasteiger partial charge in [0, 0.05) is 11.8 Å². The van der Waals surface area contributed by atoms with Crippen molar-refractivity contribution in [3.05, 3.63) is 47.3 Å². The minimum Gasteiger partial charge on any atom is -0.361 e. The number of nitrogens with one attached hydrogen (secondary N) is 1. The van der Waals surface area contributed by atoms with E-state index in [0.717, 1.165) is 12.1 Å². The van der Waals surface area contributed by atoms with E-state index in [1.165, 1.54) is 12.1 Å². The maximum atomic E-state index is 12.4. The monoisotopic (exact) mass is 284 g/mol. The lowest BCUT2D eigenvalue weighted by Gasteiger charge is -2.08. The molecule has 0 radical (unpaired) electrons. The fraction of sp³-hybridized carbons (Fsp3) is 0.231. The van der Waals surface area contributed by atoms with Gasteiger partial charge in [-0.15, -0.1) is 0 Å². The number of hydrogen-bond acceptors (Lipinski definition) is 3. The number of carbonyl (C=O) groups excluding carboxylic acids is 1. The fourth-order valence-corrected chi connectivity index (χ4v) is 1.61. The Morgan fingerprint density at radius 1 is 1.30 bits per heavy atom. The van der Waals surface area contributed by atoms with Crippen LogP contribution in [-0.4, -0.2) is 11.1 Å². The summed E-state index contributed by atoms with van der Waals surface area (Å²) in [5.41, 5.74) is -0.00208. The predicted octanol–water partition coefficient (Wildman–Crippen LogP) is 3.18. The van der Waals surface area contributed by atoms with Crippen LogP contribution in [0.3, 0.4) is 0 Å². The van der Waals surface area contributed by atoms with Gasteiger partial charge in [0.2, 0.25) is 5.91 Å². The van der Waals surface area contributed by atoms with Crippen molar-refractivity contribution in [2.24, 2.45) is 0 Å². The molecule has 1 amide bonds. The van der Waals surface area contributed by atoms with E-state index in [-0.39, 0.29) is 12.3 Å². The van der Waals surface area contributed by atoms with Crippen molar-refractivity contribution >= 4 is 11.6 Å². The SMILES string of the molecule is Cc1cc(CC(=O)Nc2ccc(C(F)(F)F)cc2)no1. The zero-order valence-corrected chi connectivity index (χ0v) is 10.5. The first-order valence-electron chi connectivity index (χ1n) is 5.74. The average Bonchev–Trinajstić information content (AvgIpc) is 2.74. The molecular formula is C13H11F3N2O2. The molecule has 0 aliphatic heterocycles. The topological polar surface area (TPSA) is 55.1 Å². The van der Waals surface area contributed by atoms with E-state index in [9.17, 15) is 18.0 Å². The molecular weight excluding hydrogens is 273 g/mol. The van der Waals surface area contributed by atoms with Crippen molar-refractivity contribution in [2.45, 2.75) is 19.5 Å². The number of anilines is 1. The number of aryl methyl sites for hydroxylation is 1. The minimum absolute atomic E-state index is 0.00162. The number of halogens is 3. The largest absolute Gasteiger partial charge is 0.416 e. The molecule has 0 unspecified atom stereocenters. The molecule has 7 heteroatoms. The van der Waals surface area contributed by atoms with Gasteiger partial charge in [0.05, 0.1) is 17.7 Å². The molecule has 1 aromatic heterocycles. The Bertz CT molecular complexity index is 603. The predicted molar refractivity (Wildman–Crippen MR) is 65.0 cm³/mol. The fourth-order valence-electron chi connectivity index (χ4n) is 1.61. The highest BCUT2D eigenvalue weighted by atomic mass is 19.4. The van der Waals surface area contributed by atoms with E-state index in [4.69, 9.17) is 4.52 Å². The van der Waals surface area contributed by atoms with Gasteiger partial charge in [-0.25, -0.2) is 0 Å². The molecule has 0 atom stereocenters. The quantitative estimate of drug-likeness (QED) is 0.941. The summed E-state index contributed by atoms with van der Waals surface area (Å²) in [6.45, 7) is 1.70. The van der Waals surface area contributed by atoms with Crippen LogP contribution in [-0.2, 0) is 17.4 Å². The summed E-state index contributed by atoms with van der Waals surface area (Å²) in [5, 5.41) is 6.15. The molecule has 2 aromatic rings. The second kappa shape index (κ2) is 5.36. The van der Waals surface area contributed by atoms with Crippen LogP contribution in [0.25, 0.3) is 0 Å². The molecule has 2 rings (SSSR count). The van der Waals surface area contributed by atoms with Gasteiger partial charge in [0.15, 0.2) is 0 Å². The third-order valence-corrected chi connectivity index (χ3v) is 2.51. The van der Waals surface area contributed by atoms with E-state index >= 15 is 0 Å². The standard InChI is InChI=1S/C13H11F3N2O2/c1-8-6-11(18-20-8)7-12(19)17-10-4-2-9(3-5-10)13(14,15)16/h2-6H,7H2,1H3,(H,17,19). The van der Waals surface area contributed by atoms with Gasteiger partial charge in [0.1, 0.15) is 5.76 Å². The van der Waals surface area contributed by atoms with Crippen molar-refractivity contribution in [1.29, 1.82) is 0 Å². The number of amides is 1. The number of hydrogen-bond donors (Lipinski definition) is 1. The molecule has 1 heterocycles. The van der Waals surface area contributed by atoms with Crippen LogP contribution >= 0.6 is 0 Å². The first-order chi connectivity index (χ1) is 9.34. The van der Waals surface area contributed by atoms with E-state index in [2.05, 4.69) is 10.5 Å². The molecule has 20 heavy (non-hydrogen) atoms. The third kappa shape index (κ3) is 3.59. The van der Waals surface area contributed by atoms with Gasteiger partial charge in [-0.3, -0.25) is 4.79 Å². The lowest BCUT2D eigenvalue weighted by Crippen LogP contribution is -2.14. The zero-order chi connectivity index (χ0) is 14.8. The van der Waals surface area contributed by atoms with Gasteiger partial charge in [-0.1, -0.05) is 5.16 Å². The van der Waals surface area contributed by atoms with Crippen molar-refractivity contribution in [1.82, 2.24) is 5.16 Å². The summed E-state index contributed by atoms with van der Waals surface area (Å²) in [4.78, 5) is 11.7. The normalized spacial score (nSPS) is 11.4. The van der Waals surface area contributed by atoms with E-state index in [1.54, 1.807) is 13.0 Å². The van der Waals surface area contributed by atoms with Crippen LogP contribution in [0.4, 0.5) is 18.9 Å². The third-order valence-electron chi connectivity index (χ3n) is 2.51. The van der Waals surface area contributed by atoms with E-state index in [1.807, 2.05) is 0 Å². The Morgan fingerprint density at radius 2 is 1.95 bits per heavy atom. The molecule has 0 bridgehead atoms. The molecule has 1 N–H and O–H groups in total. The summed E-state index contributed by atoms with van der Waals surface area (Å²) in [6, 6.07) is 5.85. The van der Waals surface area contributed by atoms with Crippen molar-refractivity contribution in [3.63, 3.8) is 0 Å². The first-order valence-corrected chi connectivity index (χ1v) is 5.74. The Labute approximate surface area is 112 Å². The lowest BCUT2D eigenvalue weighted by atomic mass is 10.2. The summed E-state index contributed by atoms with van der Waals surface area (Å²) in [6.07, 6.45) is -4.39. The highest BCUT2D eigenvalue weighted by Crippen LogP contribution is 2.29. The van der Waals surface area contributed by atoms with E-state index < -0.39 is 11.7 Å². The molecule has 0 aliphatic carbocycles. The van der Waals surface area contributed by atoms with Crippen LogP contribution in [0.1, 0.15) is 17.0 Å². The molecule has 0 saturated carbocycles. The first kappa shape index (κ1) is 14.1. The minimum atomic E-state index is -4.39. The molecule has 0 saturated heterocycles. The number of rotatable bonds is 3. The van der Waals surface area contributed by atoms with Crippen LogP contribution in [0, 0.1) is 6.92 Å². The second-order valence-electron chi connectivity index (χ2n) is 4.23. The highest BCUT2D eigenvalue weighted by Gasteiger charge is 2.29. The number of benzene rings is 1. The molecule has 106 valence electrons. The molecule has 1 aromatic carbocycles. The molecule has 0 fully saturated rings. The van der Waals surface area contributed by atoms with Gasteiger partial charge >= 0.3 is 6.18 Å². The summed E-state index contributed by atoms with van der Waals surface area (Å²) < 4.78 is 41.9. The van der Waals surface area contributed by atoms with Gasteiger partial charge in [-0.05, 0) is 31.2 Å². The van der Waals surface area contributed by atoms with Gasteiger partial charge in [-0.2, -0.15) is 13.2 Å². The lowest BCUT2D eigenvalue weighted by molar-refractivity contribution is -0.137. The Kier molecular flexibility index (Phi) is 3.78. The number of carbonyl (C=O) groups is 1. The van der Waals surface area contributed by atoms with Crippen molar-refractivity contribution in [3.8, 4) is 0 Å². The Hall–Kier alpha value is -2.31. The van der Waals surface area contributed by atoms with Crippen LogP contribution in [0.15, 0.2) is 34.9 Å². The van der Waals surface area contributed by atoms with Crippen LogP contribution < -0.4 is 5.32 Å². The van der Waals surface area contributed by atoms with Crippen LogP contribution in [0.2, 0.25) is 0 Å². The summed E-state index contributed by atoms with van der Waals surface area (Å²) in [5.74, 6) is 0.209. The zero-order valence-electron chi connectivity index (χ0n) is 10.5. The number of aromatic nitrogens is 1.